The number of nitrogens with one attached hydrogen (secondary N) is 2. The monoisotopic (exact) mass is 347 g/mol. The molecule has 10 heteroatoms. The molecule has 0 aliphatic rings. The van der Waals surface area contributed by atoms with Crippen LogP contribution in [0.5, 0.6) is 0 Å². The van der Waals surface area contributed by atoms with Crippen molar-refractivity contribution in [2.24, 2.45) is 0 Å². The van der Waals surface area contributed by atoms with Gasteiger partial charge in [0.2, 0.25) is 0 Å². The lowest BCUT2D eigenvalue weighted by molar-refractivity contribution is -0.137. The fourth-order valence-electron chi connectivity index (χ4n) is 1.59. The molecule has 1 aromatic heterocycles. The lowest BCUT2D eigenvalue weighted by atomic mass is 10.1. The summed E-state index contributed by atoms with van der Waals surface area (Å²) in [6.07, 6.45) is -4.72. The molecule has 0 saturated heterocycles. The van der Waals surface area contributed by atoms with Gasteiger partial charge in [-0.15, -0.1) is 11.3 Å². The van der Waals surface area contributed by atoms with E-state index in [4.69, 9.17) is 0 Å². The number of rotatable bonds is 3. The maximum absolute atomic E-state index is 13.6. The summed E-state index contributed by atoms with van der Waals surface area (Å²) in [5.74, 6) is -2.52. The Balaban J connectivity index is 1.98. The average Bonchev–Trinajstić information content (AvgIpc) is 2.97. The quantitative estimate of drug-likeness (QED) is 0.839. The van der Waals surface area contributed by atoms with Gasteiger partial charge in [0.25, 0.3) is 5.91 Å². The van der Waals surface area contributed by atoms with Gasteiger partial charge in [-0.05, 0) is 18.2 Å². The van der Waals surface area contributed by atoms with Crippen molar-refractivity contribution < 1.29 is 27.2 Å². The van der Waals surface area contributed by atoms with Crippen molar-refractivity contribution in [3.05, 3.63) is 51.7 Å². The summed E-state index contributed by atoms with van der Waals surface area (Å²) in [4.78, 5) is 27.1. The van der Waals surface area contributed by atoms with E-state index in [1.165, 1.54) is 11.3 Å². The Morgan fingerprint density at radius 2 is 2.00 bits per heavy atom. The fraction of sp³-hybridized carbons (Fsp3) is 0.154. The second-order valence-corrected chi connectivity index (χ2v) is 5.03. The summed E-state index contributed by atoms with van der Waals surface area (Å²) in [7, 11) is 0. The smallest absolute Gasteiger partial charge is 0.332 e. The zero-order chi connectivity index (χ0) is 17.0. The summed E-state index contributed by atoms with van der Waals surface area (Å²) >= 11 is 1.32. The van der Waals surface area contributed by atoms with Gasteiger partial charge in [-0.3, -0.25) is 10.1 Å². The van der Waals surface area contributed by atoms with Gasteiger partial charge in [0.05, 0.1) is 28.9 Å². The molecule has 0 bridgehead atoms. The van der Waals surface area contributed by atoms with E-state index in [2.05, 4.69) is 10.3 Å². The van der Waals surface area contributed by atoms with Crippen molar-refractivity contribution in [1.29, 1.82) is 0 Å². The van der Waals surface area contributed by atoms with Gasteiger partial charge in [0.1, 0.15) is 5.82 Å². The van der Waals surface area contributed by atoms with E-state index in [1.807, 2.05) is 5.32 Å². The molecular weight excluding hydrogens is 338 g/mol. The van der Waals surface area contributed by atoms with Crippen molar-refractivity contribution in [2.45, 2.75) is 12.7 Å². The van der Waals surface area contributed by atoms with E-state index in [0.29, 0.717) is 17.8 Å². The zero-order valence-corrected chi connectivity index (χ0v) is 12.1. The van der Waals surface area contributed by atoms with Crippen molar-refractivity contribution in [3.63, 3.8) is 0 Å². The van der Waals surface area contributed by atoms with Crippen LogP contribution in [0.15, 0.2) is 29.1 Å². The Morgan fingerprint density at radius 3 is 2.57 bits per heavy atom. The molecule has 23 heavy (non-hydrogen) atoms. The number of amides is 3. The van der Waals surface area contributed by atoms with Crippen molar-refractivity contribution >= 4 is 23.3 Å². The molecule has 2 aromatic rings. The molecule has 0 unspecified atom stereocenters. The summed E-state index contributed by atoms with van der Waals surface area (Å²) in [6.45, 7) is 0.0537. The minimum absolute atomic E-state index is 0.0537. The van der Waals surface area contributed by atoms with Gasteiger partial charge in [-0.1, -0.05) is 0 Å². The number of thiazole rings is 1. The second kappa shape index (κ2) is 6.73. The predicted octanol–water partition coefficient (Wildman–Crippen LogP) is 2.94. The second-order valence-electron chi connectivity index (χ2n) is 4.31. The number of benzene rings is 1. The molecule has 0 aliphatic heterocycles. The van der Waals surface area contributed by atoms with Crippen LogP contribution >= 0.6 is 11.3 Å². The summed E-state index contributed by atoms with van der Waals surface area (Å²) in [5, 5.41) is 5.81. The summed E-state index contributed by atoms with van der Waals surface area (Å²) < 4.78 is 50.8. The van der Waals surface area contributed by atoms with Crippen molar-refractivity contribution in [2.75, 3.05) is 0 Å². The molecule has 0 aliphatic carbocycles. The van der Waals surface area contributed by atoms with E-state index in [-0.39, 0.29) is 12.6 Å². The third-order valence-corrected chi connectivity index (χ3v) is 3.32. The van der Waals surface area contributed by atoms with Crippen LogP contribution in [0.4, 0.5) is 22.4 Å². The Bertz CT molecular complexity index is 717. The molecule has 1 heterocycles. The summed E-state index contributed by atoms with van der Waals surface area (Å²) in [5.41, 5.74) is 0.233. The number of nitrogens with zero attached hydrogens (tertiary/aromatic N) is 1. The first-order chi connectivity index (χ1) is 10.8. The highest BCUT2D eigenvalue weighted by atomic mass is 32.1. The highest BCUT2D eigenvalue weighted by Gasteiger charge is 2.31. The fourth-order valence-corrected chi connectivity index (χ4v) is 2.14. The maximum Gasteiger partial charge on any atom is 0.416 e. The van der Waals surface area contributed by atoms with E-state index < -0.39 is 35.1 Å². The van der Waals surface area contributed by atoms with Gasteiger partial charge < -0.3 is 5.32 Å². The molecule has 2 rings (SSSR count). The van der Waals surface area contributed by atoms with Gasteiger partial charge in [-0.25, -0.2) is 14.2 Å². The topological polar surface area (TPSA) is 71.1 Å². The van der Waals surface area contributed by atoms with E-state index in [0.717, 1.165) is 0 Å². The number of alkyl halides is 3. The highest BCUT2D eigenvalue weighted by Crippen LogP contribution is 2.30. The molecule has 0 fully saturated rings. The minimum Gasteiger partial charge on any atom is -0.332 e. The number of carbonyl (C=O) groups excluding carboxylic acids is 2. The number of hydrogen-bond donors (Lipinski definition) is 2. The molecule has 122 valence electrons. The zero-order valence-electron chi connectivity index (χ0n) is 11.3. The Kier molecular flexibility index (Phi) is 4.94. The van der Waals surface area contributed by atoms with E-state index >= 15 is 0 Å². The van der Waals surface area contributed by atoms with E-state index in [9.17, 15) is 27.2 Å². The van der Waals surface area contributed by atoms with Crippen molar-refractivity contribution in [1.82, 2.24) is 15.6 Å². The number of imide groups is 1. The highest BCUT2D eigenvalue weighted by molar-refractivity contribution is 7.07. The SMILES string of the molecule is O=C(NCc1cscn1)NC(=O)c1ccc(C(F)(F)F)cc1F. The van der Waals surface area contributed by atoms with E-state index in [1.54, 1.807) is 10.9 Å². The van der Waals surface area contributed by atoms with Gasteiger partial charge in [0, 0.05) is 5.38 Å². The van der Waals surface area contributed by atoms with Crippen LogP contribution in [0.2, 0.25) is 0 Å². The van der Waals surface area contributed by atoms with Crippen LogP contribution < -0.4 is 10.6 Å². The first-order valence-corrected chi connectivity index (χ1v) is 7.04. The normalized spacial score (nSPS) is 11.1. The van der Waals surface area contributed by atoms with Gasteiger partial charge in [0.15, 0.2) is 0 Å². The molecule has 1 aromatic carbocycles. The maximum atomic E-state index is 13.6. The first-order valence-electron chi connectivity index (χ1n) is 6.10. The predicted molar refractivity (Wildman–Crippen MR) is 73.2 cm³/mol. The minimum atomic E-state index is -4.72. The van der Waals surface area contributed by atoms with Gasteiger partial charge in [-0.2, -0.15) is 13.2 Å². The Labute approximate surface area is 131 Å². The molecule has 0 spiro atoms. The number of hydrogen-bond acceptors (Lipinski definition) is 4. The van der Waals surface area contributed by atoms with Crippen LogP contribution in [-0.2, 0) is 12.7 Å². The van der Waals surface area contributed by atoms with Gasteiger partial charge >= 0.3 is 12.2 Å². The molecule has 0 radical (unpaired) electrons. The van der Waals surface area contributed by atoms with Crippen molar-refractivity contribution in [3.8, 4) is 0 Å². The largest absolute Gasteiger partial charge is 0.416 e. The molecule has 5 nitrogen and oxygen atoms in total. The Hall–Kier alpha value is -2.49. The third kappa shape index (κ3) is 4.49. The molecule has 0 atom stereocenters. The van der Waals surface area contributed by atoms with Crippen LogP contribution in [-0.4, -0.2) is 16.9 Å². The lowest BCUT2D eigenvalue weighted by Crippen LogP contribution is -2.39. The summed E-state index contributed by atoms with van der Waals surface area (Å²) in [6, 6.07) is 0.511. The average molecular weight is 347 g/mol. The molecule has 2 N–H and O–H groups in total. The molecule has 0 saturated carbocycles. The number of carbonyl (C=O) groups is 2. The number of aromatic nitrogens is 1. The standard InChI is InChI=1S/C13H9F4N3O2S/c14-10-3-7(13(15,16)17)1-2-9(10)11(21)20-12(22)18-4-8-5-23-6-19-8/h1-3,5-6H,4H2,(H2,18,20,21,22). The lowest BCUT2D eigenvalue weighted by Gasteiger charge is -2.09. The first kappa shape index (κ1) is 16.9. The molecular formula is C13H9F4N3O2S. The number of urea groups is 1. The Morgan fingerprint density at radius 1 is 1.26 bits per heavy atom. The molecule has 3 amide bonds. The van der Waals surface area contributed by atoms with Crippen LogP contribution in [0.25, 0.3) is 0 Å². The van der Waals surface area contributed by atoms with Crippen LogP contribution in [0.1, 0.15) is 21.6 Å². The van der Waals surface area contributed by atoms with Crippen LogP contribution in [0.3, 0.4) is 0 Å². The number of halogens is 4. The van der Waals surface area contributed by atoms with Crippen LogP contribution in [0, 0.1) is 5.82 Å². The third-order valence-electron chi connectivity index (χ3n) is 2.68.